The largest absolute Gasteiger partial charge is 0.507 e. The third-order valence-corrected chi connectivity index (χ3v) is 3.11. The van der Waals surface area contributed by atoms with Crippen LogP contribution in [0.2, 0.25) is 0 Å². The summed E-state index contributed by atoms with van der Waals surface area (Å²) in [5.74, 6) is -1.75. The number of halogens is 1. The topological polar surface area (TPSA) is 107 Å². The van der Waals surface area contributed by atoms with E-state index in [1.165, 1.54) is 6.07 Å². The second kappa shape index (κ2) is 6.55. The minimum absolute atomic E-state index is 0.00817. The van der Waals surface area contributed by atoms with Crippen molar-refractivity contribution in [2.75, 3.05) is 6.54 Å². The molecule has 0 fully saturated rings. The summed E-state index contributed by atoms with van der Waals surface area (Å²) in [4.78, 5) is 21.9. The highest BCUT2D eigenvalue weighted by Crippen LogP contribution is 2.20. The van der Waals surface area contributed by atoms with Gasteiger partial charge < -0.3 is 20.6 Å². The van der Waals surface area contributed by atoms with Crippen molar-refractivity contribution < 1.29 is 24.9 Å². The summed E-state index contributed by atoms with van der Waals surface area (Å²) in [6.45, 7) is 0.0407. The number of amides is 1. The molecule has 1 amide bonds. The molecule has 1 rings (SSSR count). The van der Waals surface area contributed by atoms with Crippen molar-refractivity contribution >= 4 is 34.5 Å². The lowest BCUT2D eigenvalue weighted by molar-refractivity contribution is -0.146. The molecular formula is C11H12INO5. The predicted molar refractivity (Wildman–Crippen MR) is 71.4 cm³/mol. The van der Waals surface area contributed by atoms with E-state index in [1.807, 2.05) is 22.6 Å². The number of benzene rings is 1. The van der Waals surface area contributed by atoms with E-state index in [0.29, 0.717) is 3.57 Å². The summed E-state index contributed by atoms with van der Waals surface area (Å²) in [5, 5.41) is 29.3. The van der Waals surface area contributed by atoms with Crippen LogP contribution in [0.3, 0.4) is 0 Å². The molecule has 0 bridgehead atoms. The molecule has 0 spiro atoms. The highest BCUT2D eigenvalue weighted by Gasteiger charge is 2.13. The van der Waals surface area contributed by atoms with Gasteiger partial charge in [-0.05, 0) is 40.8 Å². The van der Waals surface area contributed by atoms with Crippen molar-refractivity contribution in [1.29, 1.82) is 0 Å². The fourth-order valence-corrected chi connectivity index (χ4v) is 1.54. The summed E-state index contributed by atoms with van der Waals surface area (Å²) in [7, 11) is 0. The first kappa shape index (κ1) is 14.7. The number of carbonyl (C=O) groups is 2. The van der Waals surface area contributed by atoms with Crippen molar-refractivity contribution in [2.45, 2.75) is 12.5 Å². The summed E-state index contributed by atoms with van der Waals surface area (Å²) in [5.41, 5.74) is 0.276. The van der Waals surface area contributed by atoms with Gasteiger partial charge in [0.25, 0.3) is 5.91 Å². The lowest BCUT2D eigenvalue weighted by Gasteiger charge is -2.08. The molecule has 0 saturated heterocycles. The van der Waals surface area contributed by atoms with E-state index in [2.05, 4.69) is 5.32 Å². The highest BCUT2D eigenvalue weighted by atomic mass is 127. The molecule has 0 saturated carbocycles. The summed E-state index contributed by atoms with van der Waals surface area (Å²) in [6.07, 6.45) is -1.56. The third kappa shape index (κ3) is 4.15. The fourth-order valence-electron chi connectivity index (χ4n) is 1.20. The highest BCUT2D eigenvalue weighted by molar-refractivity contribution is 14.1. The fraction of sp³-hybridized carbons (Fsp3) is 0.273. The number of phenols is 1. The second-order valence-electron chi connectivity index (χ2n) is 3.56. The molecule has 1 aromatic rings. The Morgan fingerprint density at radius 1 is 1.39 bits per heavy atom. The maximum atomic E-state index is 11.6. The van der Waals surface area contributed by atoms with Crippen LogP contribution >= 0.6 is 22.6 Å². The van der Waals surface area contributed by atoms with E-state index in [9.17, 15) is 14.7 Å². The lowest BCUT2D eigenvalue weighted by Crippen LogP contribution is -2.30. The number of hydrogen-bond acceptors (Lipinski definition) is 4. The molecule has 18 heavy (non-hydrogen) atoms. The standard InChI is InChI=1S/C11H12INO5/c12-7-2-1-6(5-9(7)15)10(16)13-4-3-8(14)11(17)18/h1-2,5,8,14-15H,3-4H2,(H,13,16)(H,17,18)/t8-/m0/s1. The van der Waals surface area contributed by atoms with E-state index < -0.39 is 18.0 Å². The third-order valence-electron chi connectivity index (χ3n) is 2.20. The van der Waals surface area contributed by atoms with E-state index >= 15 is 0 Å². The number of nitrogens with one attached hydrogen (secondary N) is 1. The Balaban J connectivity index is 2.50. The van der Waals surface area contributed by atoms with Gasteiger partial charge in [0.2, 0.25) is 0 Å². The maximum Gasteiger partial charge on any atom is 0.332 e. The van der Waals surface area contributed by atoms with Gasteiger partial charge in [-0.1, -0.05) is 0 Å². The molecule has 98 valence electrons. The van der Waals surface area contributed by atoms with Crippen molar-refractivity contribution in [2.24, 2.45) is 0 Å². The number of carboxylic acid groups (broad SMARTS) is 1. The number of aromatic hydroxyl groups is 1. The molecule has 7 heteroatoms. The molecule has 0 aliphatic carbocycles. The van der Waals surface area contributed by atoms with Gasteiger partial charge in [-0.2, -0.15) is 0 Å². The average molecular weight is 365 g/mol. The molecule has 0 unspecified atom stereocenters. The zero-order chi connectivity index (χ0) is 13.7. The Hall–Kier alpha value is -1.35. The van der Waals surface area contributed by atoms with E-state index in [0.717, 1.165) is 0 Å². The zero-order valence-electron chi connectivity index (χ0n) is 9.26. The van der Waals surface area contributed by atoms with Gasteiger partial charge in [0, 0.05) is 18.5 Å². The first-order valence-electron chi connectivity index (χ1n) is 5.09. The normalized spacial score (nSPS) is 11.9. The second-order valence-corrected chi connectivity index (χ2v) is 4.73. The Kier molecular flexibility index (Phi) is 5.35. The van der Waals surface area contributed by atoms with Gasteiger partial charge in [0.1, 0.15) is 5.75 Å². The molecule has 0 aliphatic heterocycles. The van der Waals surface area contributed by atoms with E-state index in [1.54, 1.807) is 12.1 Å². The molecule has 0 heterocycles. The first-order valence-corrected chi connectivity index (χ1v) is 6.17. The maximum absolute atomic E-state index is 11.6. The smallest absolute Gasteiger partial charge is 0.332 e. The number of rotatable bonds is 5. The number of carboxylic acids is 1. The molecule has 0 aromatic heterocycles. The van der Waals surface area contributed by atoms with Gasteiger partial charge in [0.05, 0.1) is 3.57 Å². The molecule has 4 N–H and O–H groups in total. The molecular weight excluding hydrogens is 353 g/mol. The van der Waals surface area contributed by atoms with Crippen molar-refractivity contribution in [3.05, 3.63) is 27.3 Å². The monoisotopic (exact) mass is 365 g/mol. The lowest BCUT2D eigenvalue weighted by atomic mass is 10.2. The van der Waals surface area contributed by atoms with E-state index in [4.69, 9.17) is 10.2 Å². The van der Waals surface area contributed by atoms with Crippen molar-refractivity contribution in [3.63, 3.8) is 0 Å². The van der Waals surface area contributed by atoms with Crippen LogP contribution in [0, 0.1) is 3.57 Å². The first-order chi connectivity index (χ1) is 8.41. The van der Waals surface area contributed by atoms with Crippen LogP contribution in [0.15, 0.2) is 18.2 Å². The summed E-state index contributed by atoms with van der Waals surface area (Å²) in [6, 6.07) is 4.46. The number of aliphatic hydroxyl groups excluding tert-OH is 1. The van der Waals surface area contributed by atoms with E-state index in [-0.39, 0.29) is 24.3 Å². The molecule has 0 radical (unpaired) electrons. The minimum atomic E-state index is -1.49. The number of carbonyl (C=O) groups excluding carboxylic acids is 1. The van der Waals surface area contributed by atoms with Crippen LogP contribution < -0.4 is 5.32 Å². The SMILES string of the molecule is O=C(NCC[C@H](O)C(=O)O)c1ccc(I)c(O)c1. The van der Waals surface area contributed by atoms with Crippen LogP contribution in [0.25, 0.3) is 0 Å². The van der Waals surface area contributed by atoms with Gasteiger partial charge in [0.15, 0.2) is 6.10 Å². The Morgan fingerprint density at radius 3 is 2.61 bits per heavy atom. The van der Waals surface area contributed by atoms with Crippen LogP contribution in [-0.4, -0.2) is 39.8 Å². The van der Waals surface area contributed by atoms with Gasteiger partial charge >= 0.3 is 5.97 Å². The zero-order valence-corrected chi connectivity index (χ0v) is 11.4. The van der Waals surface area contributed by atoms with Gasteiger partial charge in [-0.15, -0.1) is 0 Å². The molecule has 6 nitrogen and oxygen atoms in total. The van der Waals surface area contributed by atoms with Crippen LogP contribution in [0.5, 0.6) is 5.75 Å². The average Bonchev–Trinajstić information content (AvgIpc) is 2.32. The number of aliphatic hydroxyl groups is 1. The van der Waals surface area contributed by atoms with Crippen molar-refractivity contribution in [1.82, 2.24) is 5.32 Å². The predicted octanol–water partition coefficient (Wildman–Crippen LogP) is 0.562. The number of hydrogen-bond donors (Lipinski definition) is 4. The van der Waals surface area contributed by atoms with Crippen LogP contribution in [0.4, 0.5) is 0 Å². The summed E-state index contributed by atoms with van der Waals surface area (Å²) >= 11 is 1.93. The molecule has 1 atom stereocenters. The van der Waals surface area contributed by atoms with Crippen molar-refractivity contribution in [3.8, 4) is 5.75 Å². The Labute approximate surface area is 117 Å². The van der Waals surface area contributed by atoms with Crippen LogP contribution in [0.1, 0.15) is 16.8 Å². The Bertz CT molecular complexity index is 463. The van der Waals surface area contributed by atoms with Gasteiger partial charge in [-0.25, -0.2) is 4.79 Å². The van der Waals surface area contributed by atoms with Gasteiger partial charge in [-0.3, -0.25) is 4.79 Å². The Morgan fingerprint density at radius 2 is 2.06 bits per heavy atom. The summed E-state index contributed by atoms with van der Waals surface area (Å²) < 4.78 is 0.630. The van der Waals surface area contributed by atoms with Crippen LogP contribution in [-0.2, 0) is 4.79 Å². The number of phenolic OH excluding ortho intramolecular Hbond substituents is 1. The minimum Gasteiger partial charge on any atom is -0.507 e. The molecule has 0 aliphatic rings. The molecule has 1 aromatic carbocycles. The quantitative estimate of drug-likeness (QED) is 0.571. The number of aliphatic carboxylic acids is 1.